The third-order valence-corrected chi connectivity index (χ3v) is 3.28. The molecule has 4 heteroatoms. The molecule has 2 rings (SSSR count). The van der Waals surface area contributed by atoms with E-state index >= 15 is 0 Å². The fourth-order valence-electron chi connectivity index (χ4n) is 2.46. The Morgan fingerprint density at radius 2 is 2.05 bits per heavy atom. The monoisotopic (exact) mass is 259 g/mol. The van der Waals surface area contributed by atoms with Crippen molar-refractivity contribution in [3.05, 3.63) is 29.5 Å². The van der Waals surface area contributed by atoms with E-state index in [1.54, 1.807) is 7.11 Å². The van der Waals surface area contributed by atoms with Crippen LogP contribution in [0.25, 0.3) is 10.9 Å². The summed E-state index contributed by atoms with van der Waals surface area (Å²) in [6.45, 7) is 2.85. The molecular weight excluding hydrogens is 238 g/mol. The topological polar surface area (TPSA) is 37.4 Å². The predicted molar refractivity (Wildman–Crippen MR) is 80.1 cm³/mol. The highest BCUT2D eigenvalue weighted by Crippen LogP contribution is 2.34. The molecule has 4 nitrogen and oxygen atoms in total. The van der Waals surface area contributed by atoms with Crippen LogP contribution in [0.4, 0.5) is 5.69 Å². The molecular formula is C15H21N3O. The number of rotatable bonds is 4. The summed E-state index contributed by atoms with van der Waals surface area (Å²) >= 11 is 0. The van der Waals surface area contributed by atoms with Crippen molar-refractivity contribution in [2.45, 2.75) is 13.5 Å². The van der Waals surface area contributed by atoms with Crippen LogP contribution in [0.2, 0.25) is 0 Å². The number of pyridine rings is 1. The molecule has 1 aromatic carbocycles. The Morgan fingerprint density at radius 1 is 1.32 bits per heavy atom. The van der Waals surface area contributed by atoms with E-state index in [1.165, 1.54) is 11.3 Å². The molecule has 2 aromatic rings. The summed E-state index contributed by atoms with van der Waals surface area (Å²) < 4.78 is 5.42. The quantitative estimate of drug-likeness (QED) is 0.914. The van der Waals surface area contributed by atoms with Crippen molar-refractivity contribution in [1.29, 1.82) is 0 Å². The molecule has 1 N–H and O–H groups in total. The largest absolute Gasteiger partial charge is 0.494 e. The van der Waals surface area contributed by atoms with Crippen LogP contribution in [-0.4, -0.2) is 33.2 Å². The number of nitrogens with zero attached hydrogens (tertiary/aromatic N) is 2. The van der Waals surface area contributed by atoms with Gasteiger partial charge in [-0.3, -0.25) is 0 Å². The summed E-state index contributed by atoms with van der Waals surface area (Å²) in [5.74, 6) is 0.819. The Labute approximate surface area is 114 Å². The number of fused-ring (bicyclic) bond motifs is 1. The van der Waals surface area contributed by atoms with Crippen LogP contribution in [0.1, 0.15) is 11.3 Å². The van der Waals surface area contributed by atoms with Gasteiger partial charge in [0, 0.05) is 37.3 Å². The summed E-state index contributed by atoms with van der Waals surface area (Å²) in [6.07, 6.45) is 0. The lowest BCUT2D eigenvalue weighted by Crippen LogP contribution is -2.17. The molecule has 102 valence electrons. The Morgan fingerprint density at radius 3 is 2.63 bits per heavy atom. The van der Waals surface area contributed by atoms with Crippen molar-refractivity contribution in [2.24, 2.45) is 0 Å². The normalized spacial score (nSPS) is 10.8. The van der Waals surface area contributed by atoms with Gasteiger partial charge in [0.15, 0.2) is 0 Å². The third-order valence-electron chi connectivity index (χ3n) is 3.28. The molecule has 0 atom stereocenters. The minimum absolute atomic E-state index is 0.805. The van der Waals surface area contributed by atoms with Crippen molar-refractivity contribution < 1.29 is 4.74 Å². The van der Waals surface area contributed by atoms with E-state index in [0.29, 0.717) is 0 Å². The number of benzene rings is 1. The molecule has 0 bridgehead atoms. The van der Waals surface area contributed by atoms with Crippen LogP contribution in [0, 0.1) is 6.92 Å². The van der Waals surface area contributed by atoms with Gasteiger partial charge in [-0.1, -0.05) is 12.1 Å². The number of anilines is 1. The zero-order chi connectivity index (χ0) is 14.0. The molecule has 0 spiro atoms. The van der Waals surface area contributed by atoms with E-state index in [-0.39, 0.29) is 0 Å². The van der Waals surface area contributed by atoms with Gasteiger partial charge in [0.25, 0.3) is 0 Å². The summed E-state index contributed by atoms with van der Waals surface area (Å²) in [7, 11) is 7.76. The third kappa shape index (κ3) is 2.36. The molecule has 1 aromatic heterocycles. The Kier molecular flexibility index (Phi) is 3.90. The standard InChI is InChI=1S/C15H21N3O/c1-10-12(9-16-2)15(18(3)4)11-7-6-8-13(19-5)14(11)17-10/h6-8,16H,9H2,1-5H3. The lowest BCUT2D eigenvalue weighted by Gasteiger charge is -2.22. The second-order valence-electron chi connectivity index (χ2n) is 4.81. The van der Waals surface area contributed by atoms with E-state index in [9.17, 15) is 0 Å². The number of para-hydroxylation sites is 1. The van der Waals surface area contributed by atoms with Gasteiger partial charge in [-0.05, 0) is 20.0 Å². The first-order valence-electron chi connectivity index (χ1n) is 6.38. The molecule has 0 radical (unpaired) electrons. The second kappa shape index (κ2) is 5.45. The van der Waals surface area contributed by atoms with Gasteiger partial charge < -0.3 is 15.0 Å². The van der Waals surface area contributed by atoms with Crippen molar-refractivity contribution in [1.82, 2.24) is 10.3 Å². The lowest BCUT2D eigenvalue weighted by molar-refractivity contribution is 0.419. The Bertz CT molecular complexity index is 593. The van der Waals surface area contributed by atoms with E-state index in [4.69, 9.17) is 9.72 Å². The van der Waals surface area contributed by atoms with E-state index in [2.05, 4.69) is 30.4 Å². The molecule has 0 aliphatic carbocycles. The smallest absolute Gasteiger partial charge is 0.145 e. The van der Waals surface area contributed by atoms with Crippen LogP contribution < -0.4 is 15.0 Å². The first-order valence-corrected chi connectivity index (χ1v) is 6.38. The van der Waals surface area contributed by atoms with Gasteiger partial charge >= 0.3 is 0 Å². The van der Waals surface area contributed by atoms with Crippen LogP contribution in [0.15, 0.2) is 18.2 Å². The molecule has 1 heterocycles. The molecule has 0 saturated heterocycles. The second-order valence-corrected chi connectivity index (χ2v) is 4.81. The summed E-state index contributed by atoms with van der Waals surface area (Å²) in [6, 6.07) is 6.05. The molecule has 0 aliphatic rings. The molecule has 0 aliphatic heterocycles. The van der Waals surface area contributed by atoms with Crippen LogP contribution >= 0.6 is 0 Å². The molecule has 0 amide bonds. The van der Waals surface area contributed by atoms with Gasteiger partial charge in [0.05, 0.1) is 12.8 Å². The number of ether oxygens (including phenoxy) is 1. The summed E-state index contributed by atoms with van der Waals surface area (Å²) in [4.78, 5) is 6.86. The van der Waals surface area contributed by atoms with Crippen LogP contribution in [0.5, 0.6) is 5.75 Å². The first-order chi connectivity index (χ1) is 9.10. The number of aryl methyl sites for hydroxylation is 1. The summed E-state index contributed by atoms with van der Waals surface area (Å²) in [5.41, 5.74) is 4.39. The SMILES string of the molecule is CNCc1c(C)nc2c(OC)cccc2c1N(C)C. The zero-order valence-electron chi connectivity index (χ0n) is 12.2. The number of nitrogens with one attached hydrogen (secondary N) is 1. The van der Waals surface area contributed by atoms with Crippen molar-refractivity contribution in [2.75, 3.05) is 33.2 Å². The highest BCUT2D eigenvalue weighted by atomic mass is 16.5. The first kappa shape index (κ1) is 13.6. The number of hydrogen-bond donors (Lipinski definition) is 1. The van der Waals surface area contributed by atoms with Gasteiger partial charge in [-0.15, -0.1) is 0 Å². The van der Waals surface area contributed by atoms with E-state index in [1.807, 2.05) is 26.1 Å². The van der Waals surface area contributed by atoms with Crippen molar-refractivity contribution in [3.8, 4) is 5.75 Å². The molecule has 0 unspecified atom stereocenters. The van der Waals surface area contributed by atoms with Gasteiger partial charge in [0.2, 0.25) is 0 Å². The zero-order valence-corrected chi connectivity index (χ0v) is 12.2. The highest BCUT2D eigenvalue weighted by molar-refractivity contribution is 5.97. The van der Waals surface area contributed by atoms with Crippen LogP contribution in [-0.2, 0) is 6.54 Å². The average Bonchev–Trinajstić information content (AvgIpc) is 2.38. The van der Waals surface area contributed by atoms with Crippen LogP contribution in [0.3, 0.4) is 0 Å². The predicted octanol–water partition coefficient (Wildman–Crippen LogP) is 2.34. The summed E-state index contributed by atoms with van der Waals surface area (Å²) in [5, 5.41) is 4.34. The maximum atomic E-state index is 5.42. The fraction of sp³-hybridized carbons (Fsp3) is 0.400. The maximum absolute atomic E-state index is 5.42. The molecule has 0 saturated carbocycles. The van der Waals surface area contributed by atoms with Crippen molar-refractivity contribution in [3.63, 3.8) is 0 Å². The van der Waals surface area contributed by atoms with Gasteiger partial charge in [0.1, 0.15) is 11.3 Å². The lowest BCUT2D eigenvalue weighted by atomic mass is 10.0. The Balaban J connectivity index is 2.84. The number of aromatic nitrogens is 1. The maximum Gasteiger partial charge on any atom is 0.145 e. The van der Waals surface area contributed by atoms with Gasteiger partial charge in [-0.2, -0.15) is 0 Å². The van der Waals surface area contributed by atoms with Crippen molar-refractivity contribution >= 4 is 16.6 Å². The minimum atomic E-state index is 0.805. The van der Waals surface area contributed by atoms with E-state index in [0.717, 1.165) is 28.9 Å². The molecule has 0 fully saturated rings. The number of methoxy groups -OCH3 is 1. The molecule has 19 heavy (non-hydrogen) atoms. The van der Waals surface area contributed by atoms with E-state index < -0.39 is 0 Å². The minimum Gasteiger partial charge on any atom is -0.494 e. The van der Waals surface area contributed by atoms with Gasteiger partial charge in [-0.25, -0.2) is 4.98 Å². The average molecular weight is 259 g/mol. The fourth-order valence-corrected chi connectivity index (χ4v) is 2.46. The Hall–Kier alpha value is -1.81. The highest BCUT2D eigenvalue weighted by Gasteiger charge is 2.15. The number of hydrogen-bond acceptors (Lipinski definition) is 4.